The zero-order valence-electron chi connectivity index (χ0n) is 62.3. The molecule has 4 saturated carbocycles. The van der Waals surface area contributed by atoms with Gasteiger partial charge in [0, 0.05) is 69.5 Å². The third-order valence-corrected chi connectivity index (χ3v) is 23.4. The molecule has 7 aliphatic rings. The molecule has 3 aliphatic heterocycles. The van der Waals surface area contributed by atoms with Gasteiger partial charge in [-0.15, -0.1) is 0 Å². The molecule has 4 aliphatic carbocycles. The summed E-state index contributed by atoms with van der Waals surface area (Å²) in [5.74, 6) is -16.9. The lowest BCUT2D eigenvalue weighted by Crippen LogP contribution is -2.68. The zero-order valence-corrected chi connectivity index (χ0v) is 62.3. The Morgan fingerprint density at radius 1 is 0.635 bits per heavy atom. The molecule has 6 fully saturated rings. The first kappa shape index (κ1) is 84.1. The van der Waals surface area contributed by atoms with Gasteiger partial charge in [-0.1, -0.05) is 59.1 Å². The Hall–Kier alpha value is -7.18. The molecular weight excluding hydrogens is 1380 g/mol. The fraction of sp³-hybridized carbons (Fsp3) is 0.806. The van der Waals surface area contributed by atoms with Gasteiger partial charge in [-0.2, -0.15) is 26.3 Å². The summed E-state index contributed by atoms with van der Waals surface area (Å²) in [5, 5.41) is 8.36. The van der Waals surface area contributed by atoms with Gasteiger partial charge in [0.15, 0.2) is 0 Å². The van der Waals surface area contributed by atoms with E-state index < -0.39 is 230 Å². The minimum atomic E-state index is -5.20. The molecule has 0 aromatic carbocycles. The highest BCUT2D eigenvalue weighted by molar-refractivity contribution is 6.01. The van der Waals surface area contributed by atoms with E-state index in [-0.39, 0.29) is 90.1 Å². The first-order valence-electron chi connectivity index (χ1n) is 37.0. The minimum absolute atomic E-state index is 0.00324. The van der Waals surface area contributed by atoms with E-state index >= 15 is 37.5 Å². The molecule has 586 valence electrons. The van der Waals surface area contributed by atoms with Crippen molar-refractivity contribution in [3.63, 3.8) is 0 Å². The average Bonchev–Trinajstić information content (AvgIpc) is 1.16. The molecule has 0 radical (unpaired) electrons. The van der Waals surface area contributed by atoms with Crippen LogP contribution in [0.3, 0.4) is 0 Å². The number of nitrogens with one attached hydrogen (secondary N) is 3. The Morgan fingerprint density at radius 2 is 1.25 bits per heavy atom. The summed E-state index contributed by atoms with van der Waals surface area (Å²) in [7, 11) is 10.8. The summed E-state index contributed by atoms with van der Waals surface area (Å²) in [6, 6.07) is -11.1. The number of amides is 12. The van der Waals surface area contributed by atoms with Crippen LogP contribution in [-0.2, 0) is 57.5 Å². The van der Waals surface area contributed by atoms with Crippen LogP contribution in [0.4, 0.5) is 35.1 Å². The lowest BCUT2D eigenvalue weighted by Gasteiger charge is -2.46. The molecule has 2 unspecified atom stereocenters. The van der Waals surface area contributed by atoms with Crippen molar-refractivity contribution in [1.29, 1.82) is 0 Å². The van der Waals surface area contributed by atoms with Gasteiger partial charge in [-0.05, 0) is 145 Å². The Balaban J connectivity index is 1.30. The maximum Gasteiger partial charge on any atom is 0.397 e. The maximum atomic E-state index is 15.4. The number of halogens is 8. The highest BCUT2D eigenvalue weighted by atomic mass is 19.4. The summed E-state index contributed by atoms with van der Waals surface area (Å²) >= 11 is 0. The smallest absolute Gasteiger partial charge is 0.347 e. The van der Waals surface area contributed by atoms with Crippen molar-refractivity contribution in [2.75, 3.05) is 82.6 Å². The molecule has 3 N–H and O–H groups in total. The Bertz CT molecular complexity index is 3130. The molecule has 0 aromatic heterocycles. The van der Waals surface area contributed by atoms with Crippen LogP contribution in [0.15, 0.2) is 12.2 Å². The van der Waals surface area contributed by atoms with Crippen molar-refractivity contribution in [2.24, 2.45) is 41.4 Å². The van der Waals surface area contributed by atoms with Gasteiger partial charge in [0.1, 0.15) is 72.1 Å². The van der Waals surface area contributed by atoms with Gasteiger partial charge in [0.2, 0.25) is 70.9 Å². The predicted octanol–water partition coefficient (Wildman–Crippen LogP) is 5.95. The molecule has 2 saturated heterocycles. The van der Waals surface area contributed by atoms with E-state index in [0.29, 0.717) is 38.5 Å². The van der Waals surface area contributed by atoms with Crippen molar-refractivity contribution in [3.05, 3.63) is 12.2 Å². The lowest BCUT2D eigenvalue weighted by molar-refractivity contribution is -0.219. The Labute approximate surface area is 605 Å². The van der Waals surface area contributed by atoms with Gasteiger partial charge < -0.3 is 60.0 Å². The van der Waals surface area contributed by atoms with Crippen molar-refractivity contribution in [3.8, 4) is 0 Å². The Kier molecular flexibility index (Phi) is 28.7. The molecule has 12 amide bonds. The van der Waals surface area contributed by atoms with Gasteiger partial charge in [-0.3, -0.25) is 57.5 Å². The number of carbonyl (C=O) groups is 12. The van der Waals surface area contributed by atoms with Crippen molar-refractivity contribution < 1.29 is 92.7 Å². The quantitative estimate of drug-likeness (QED) is 0.169. The second kappa shape index (κ2) is 35.5. The number of hydrogen-bond donors (Lipinski definition) is 3. The summed E-state index contributed by atoms with van der Waals surface area (Å²) in [6.07, 6.45) is -11.8. The highest BCUT2D eigenvalue weighted by Gasteiger charge is 2.56. The molecule has 7 rings (SSSR count). The molecule has 32 heteroatoms. The number of nitrogens with zero attached hydrogens (tertiary/aromatic N) is 9. The van der Waals surface area contributed by atoms with Crippen LogP contribution < -0.4 is 16.0 Å². The number of hydrogen-bond acceptors (Lipinski definition) is 12. The summed E-state index contributed by atoms with van der Waals surface area (Å²) in [4.78, 5) is 189. The molecule has 2 bridgehead atoms. The second-order valence-corrected chi connectivity index (χ2v) is 31.0. The van der Waals surface area contributed by atoms with Crippen LogP contribution >= 0.6 is 0 Å². The number of alkyl halides is 8. The van der Waals surface area contributed by atoms with Gasteiger partial charge in [0.25, 0.3) is 0 Å². The summed E-state index contributed by atoms with van der Waals surface area (Å²) in [6.45, 7) is 5.07. The fourth-order valence-corrected chi connectivity index (χ4v) is 16.6. The average molecular weight is 1490 g/mol. The van der Waals surface area contributed by atoms with Crippen LogP contribution in [0.5, 0.6) is 0 Å². The molecule has 3 heterocycles. The van der Waals surface area contributed by atoms with Crippen LogP contribution in [-0.4, -0.2) is 276 Å². The predicted molar refractivity (Wildman–Crippen MR) is 366 cm³/mol. The molecule has 104 heavy (non-hydrogen) atoms. The highest BCUT2D eigenvalue weighted by Crippen LogP contribution is 2.46. The number of likely N-dealkylation sites (N-methyl/N-ethyl adjacent to an activating group) is 7. The summed E-state index contributed by atoms with van der Waals surface area (Å²) < 4.78 is 115. The van der Waals surface area contributed by atoms with Gasteiger partial charge >= 0.3 is 12.4 Å². The normalized spacial score (nSPS) is 32.7. The second-order valence-electron chi connectivity index (χ2n) is 31.0. The molecule has 1 spiro atoms. The number of carbonyl (C=O) groups excluding carboxylic acids is 12. The topological polar surface area (TPSA) is 270 Å². The van der Waals surface area contributed by atoms with E-state index in [2.05, 4.69) is 16.0 Å². The van der Waals surface area contributed by atoms with Gasteiger partial charge in [-0.25, -0.2) is 8.78 Å². The first-order valence-corrected chi connectivity index (χ1v) is 37.0. The minimum Gasteiger partial charge on any atom is -0.347 e. The first-order chi connectivity index (χ1) is 48.7. The standard InChI is InChI=1S/C72H110F8N12O12/c1-13-42(4)59-67(102)86(8)40-57(95)88(10)51-23-16-15-19-32-91(66(51)101)54(36-43-24-27-46(28-25-43)71(75,76)77)65(100)85(7)39-55(93)81-49(29-26-44-34-47(73)58(48(74)35-44)72(78,79)80)63(98)92-38-41(3)33-52(92)62(97)83-70(30-20-31-70)69(104)90(12)60(45-21-17-18-22-45)68(103)89(11)53(64(99)84(5)6)37-56(94)87(9)50(14-2)61(96)82-59/h15-16,41-54,58-60H,13-14,17-40H2,1-12H3,(H,81,93)(H,82,96)(H,83,97)/b16-15-/t41-,42-,43?,44?,46?,47?,48?,49-,50-,51-,52-,53-,54-,58?,59-,60-/m0/s1. The number of fused-ring (bicyclic) bond motifs is 3. The van der Waals surface area contributed by atoms with Crippen LogP contribution in [0, 0.1) is 41.4 Å². The zero-order chi connectivity index (χ0) is 77.4. The number of rotatable bonds is 10. The molecule has 24 nitrogen and oxygen atoms in total. The maximum absolute atomic E-state index is 15.4. The molecule has 12 atom stereocenters. The van der Waals surface area contributed by atoms with E-state index in [0.717, 1.165) is 24.5 Å². The van der Waals surface area contributed by atoms with E-state index in [1.54, 1.807) is 39.8 Å². The van der Waals surface area contributed by atoms with Crippen molar-refractivity contribution >= 4 is 70.9 Å². The Morgan fingerprint density at radius 3 is 1.81 bits per heavy atom. The van der Waals surface area contributed by atoms with Crippen molar-refractivity contribution in [2.45, 2.75) is 248 Å². The van der Waals surface area contributed by atoms with Crippen LogP contribution in [0.25, 0.3) is 0 Å². The monoisotopic (exact) mass is 1490 g/mol. The fourth-order valence-electron chi connectivity index (χ4n) is 16.6. The molecular formula is C72H110F8N12O12. The van der Waals surface area contributed by atoms with E-state index in [1.807, 2.05) is 0 Å². The van der Waals surface area contributed by atoms with Gasteiger partial charge in [0.05, 0.1) is 25.4 Å². The van der Waals surface area contributed by atoms with E-state index in [1.165, 1.54) is 76.0 Å². The third-order valence-electron chi connectivity index (χ3n) is 23.4. The van der Waals surface area contributed by atoms with Crippen molar-refractivity contribution in [1.82, 2.24) is 60.0 Å². The molecule has 0 aromatic rings. The summed E-state index contributed by atoms with van der Waals surface area (Å²) in [5.41, 5.74) is -1.64. The van der Waals surface area contributed by atoms with E-state index in [9.17, 15) is 55.1 Å². The third kappa shape index (κ3) is 19.7. The van der Waals surface area contributed by atoms with Crippen LogP contribution in [0.2, 0.25) is 0 Å². The van der Waals surface area contributed by atoms with E-state index in [4.69, 9.17) is 0 Å². The SMILES string of the molecule is CC[C@H](C)[C@@H]1NC(=O)[C@H](CC)N(C)C(=O)C[C@@H](C(=O)N(C)C)N(C)C(=O)[C@H](C2CCCC2)N(C)C(=O)C2(CCC2)NC(=O)[C@@H]2C[C@H](C)CN2C(=O)[C@H](CCC2CC(F)C(C(F)(F)F)C(F)C2)NC(=O)CN(C)C(=O)[C@H](CC2CCC(C(F)(F)F)CC2)N2CC/C=C\C[C@@H](C2=O)N(C)C(=O)CN(C)C1=O. The largest absolute Gasteiger partial charge is 0.397 e. The van der Waals surface area contributed by atoms with Crippen LogP contribution in [0.1, 0.15) is 169 Å². The lowest BCUT2D eigenvalue weighted by atomic mass is 9.74.